The van der Waals surface area contributed by atoms with Crippen molar-refractivity contribution in [2.75, 3.05) is 4.90 Å². The Morgan fingerprint density at radius 3 is 0.739 bits per heavy atom. The maximum absolute atomic E-state index is 4.52. The number of aromatic nitrogens is 6. The second kappa shape index (κ2) is 54.2. The first-order chi connectivity index (χ1) is 68.3. The molecule has 696 valence electrons. The molecule has 0 unspecified atom stereocenters. The number of rotatable bonds is 24. The monoisotopic (exact) mass is 2190 g/mol. The third kappa shape index (κ3) is 29.9. The number of hydrogen-bond acceptors (Lipinski definition) is 7. The van der Waals surface area contributed by atoms with Crippen molar-refractivity contribution in [2.45, 2.75) is 48.0 Å². The van der Waals surface area contributed by atoms with Crippen LogP contribution in [0.3, 0.4) is 0 Å². The van der Waals surface area contributed by atoms with E-state index < -0.39 is 0 Å². The van der Waals surface area contributed by atoms with E-state index in [1.165, 1.54) is 33.4 Å². The zero-order chi connectivity index (χ0) is 96.1. The minimum absolute atomic E-state index is 0. The molecule has 9 heteroatoms. The molecule has 0 atom stereocenters. The van der Waals surface area contributed by atoms with Gasteiger partial charge in [0.15, 0.2) is 0 Å². The molecule has 0 N–H and O–H groups in total. The fourth-order valence-electron chi connectivity index (χ4n) is 15.7. The Balaban J connectivity index is 0.000000154. The summed E-state index contributed by atoms with van der Waals surface area (Å²) in [7, 11) is 0. The van der Waals surface area contributed by atoms with Gasteiger partial charge in [-0.1, -0.05) is 311 Å². The van der Waals surface area contributed by atoms with E-state index in [1.807, 2.05) is 268 Å². The van der Waals surface area contributed by atoms with Gasteiger partial charge in [-0.15, -0.1) is 214 Å². The molecule has 0 aliphatic carbocycles. The average molecular weight is 2190 g/mol. The maximum atomic E-state index is 4.52. The predicted octanol–water partition coefficient (Wildman–Crippen LogP) is 35.0. The Morgan fingerprint density at radius 2 is 0.486 bits per heavy atom. The molecular weight excluding hydrogens is 2080 g/mol. The van der Waals surface area contributed by atoms with Crippen LogP contribution in [0, 0.1) is 48.2 Å². The molecule has 7 nitrogen and oxygen atoms in total. The normalized spacial score (nSPS) is 10.3. The Kier molecular flexibility index (Phi) is 40.0. The molecule has 0 amide bonds. The van der Waals surface area contributed by atoms with Crippen molar-refractivity contribution < 1.29 is 40.2 Å². The summed E-state index contributed by atoms with van der Waals surface area (Å²) in [4.78, 5) is 29.1. The van der Waals surface area contributed by atoms with Crippen molar-refractivity contribution in [3.8, 4) is 134 Å². The van der Waals surface area contributed by atoms with Crippen LogP contribution in [0.1, 0.15) is 74.1 Å². The van der Waals surface area contributed by atoms with Gasteiger partial charge in [-0.05, 0) is 221 Å². The first kappa shape index (κ1) is 105. The van der Waals surface area contributed by atoms with Crippen LogP contribution in [0.4, 0.5) is 17.1 Å². The molecule has 14 aromatic carbocycles. The van der Waals surface area contributed by atoms with Crippen molar-refractivity contribution in [2.24, 2.45) is 11.8 Å². The first-order valence-electron chi connectivity index (χ1n) is 46.6. The third-order valence-electron chi connectivity index (χ3n) is 22.9. The smallest absolute Gasteiger partial charge is 0.311 e. The molecule has 6 aromatic heterocycles. The van der Waals surface area contributed by atoms with E-state index in [4.69, 9.17) is 0 Å². The van der Waals surface area contributed by atoms with Crippen molar-refractivity contribution >= 4 is 47.4 Å². The second-order valence-electron chi connectivity index (χ2n) is 33.8. The van der Waals surface area contributed by atoms with Crippen molar-refractivity contribution in [1.82, 2.24) is 29.9 Å². The van der Waals surface area contributed by atoms with Gasteiger partial charge in [-0.25, -0.2) is 0 Å². The first-order valence-corrected chi connectivity index (χ1v) is 46.6. The van der Waals surface area contributed by atoms with E-state index >= 15 is 0 Å². The van der Waals surface area contributed by atoms with E-state index in [0.29, 0.717) is 11.8 Å². The molecule has 20 aromatic rings. The Labute approximate surface area is 867 Å². The quantitative estimate of drug-likeness (QED) is 0.0558. The zero-order valence-corrected chi connectivity index (χ0v) is 84.3. The molecule has 6 heterocycles. The Bertz CT molecular complexity index is 6800. The van der Waals surface area contributed by atoms with Crippen LogP contribution in [-0.2, 0) is 53.1 Å². The second-order valence-corrected chi connectivity index (χ2v) is 33.8. The molecule has 0 fully saturated rings. The van der Waals surface area contributed by atoms with E-state index in [-0.39, 0.29) is 47.6 Å². The van der Waals surface area contributed by atoms with Gasteiger partial charge in [-0.3, -0.25) is 0 Å². The zero-order valence-electron chi connectivity index (χ0n) is 79.5. The fraction of sp³-hybridized carbons (Fsp3) is 0.0677. The van der Waals surface area contributed by atoms with Gasteiger partial charge in [0, 0.05) is 54.2 Å². The summed E-state index contributed by atoms with van der Waals surface area (Å²) in [5.41, 5.74) is 37.2. The molecule has 0 radical (unpaired) electrons. The van der Waals surface area contributed by atoms with Crippen LogP contribution in [0.5, 0.6) is 0 Å². The summed E-state index contributed by atoms with van der Waals surface area (Å²) < 4.78 is 0. The van der Waals surface area contributed by atoms with Crippen molar-refractivity contribution in [1.29, 1.82) is 0 Å². The summed E-state index contributed by atoms with van der Waals surface area (Å²) in [6, 6.07) is 160. The Hall–Kier alpha value is -16.2. The van der Waals surface area contributed by atoms with Crippen LogP contribution < -0.4 is 4.90 Å². The van der Waals surface area contributed by atoms with Crippen LogP contribution in [0.15, 0.2) is 483 Å². The van der Waals surface area contributed by atoms with Gasteiger partial charge in [0.1, 0.15) is 0 Å². The summed E-state index contributed by atoms with van der Waals surface area (Å²) in [6.45, 7) is 28.2. The number of nitrogens with zero attached hydrogens (tertiary/aromatic N) is 7. The van der Waals surface area contributed by atoms with Crippen LogP contribution in [-0.4, -0.2) is 29.9 Å². The summed E-state index contributed by atoms with van der Waals surface area (Å²) in [5, 5.41) is 0. The van der Waals surface area contributed by atoms with Gasteiger partial charge < -0.3 is 34.8 Å². The van der Waals surface area contributed by atoms with Crippen molar-refractivity contribution in [3.63, 3.8) is 0 Å². The molecule has 0 aliphatic heterocycles. The number of hydrogen-bond donors (Lipinski definition) is 0. The molecule has 0 bridgehead atoms. The van der Waals surface area contributed by atoms with Gasteiger partial charge in [0.05, 0.1) is 0 Å². The third-order valence-corrected chi connectivity index (χ3v) is 22.9. The molecule has 20 rings (SSSR count). The van der Waals surface area contributed by atoms with Crippen LogP contribution in [0.25, 0.3) is 165 Å². The molecule has 0 saturated carbocycles. The number of benzene rings is 14. The van der Waals surface area contributed by atoms with Gasteiger partial charge in [0.25, 0.3) is 0 Å². The summed E-state index contributed by atoms with van der Waals surface area (Å²) in [5.74, 6) is 1.38. The average Bonchev–Trinajstić information content (AvgIpc) is 0.788. The maximum Gasteiger partial charge on any atom is 3.00 e. The van der Waals surface area contributed by atoms with Crippen LogP contribution >= 0.6 is 0 Å². The van der Waals surface area contributed by atoms with E-state index in [9.17, 15) is 0 Å². The van der Waals surface area contributed by atoms with Crippen molar-refractivity contribution in [3.05, 3.63) is 558 Å². The van der Waals surface area contributed by atoms with Gasteiger partial charge in [-0.2, -0.15) is 0 Å². The predicted molar refractivity (Wildman–Crippen MR) is 593 cm³/mol. The Morgan fingerprint density at radius 1 is 0.225 bits per heavy atom. The SMILES string of the molecule is C.C=Cc1ccc(N(c2ccc(C=C)cc2)c2ccc(-c3cc[c-]c(-c4ccccn4)c3)cc2)cc1.C=Cc1cccc(-c2ccc(-c3[c-]cccc3)nc2)c1.C=Cc1cccc(-c2ccc(-c3[c-]cccc3)nc2)c1.C=Cc1cccc(-c2ccc(-c3[c-]cccc3)nc2)c1.CC(C)Cc1ccc(-c2cc[c-]c(-c3ccccn3)c2)cc1.CC(C)Cc1ccc(-c2cc[c-]c(-c3ccccn3)c2)cc1.[Ir+3].[Ir+3]. The van der Waals surface area contributed by atoms with E-state index in [1.54, 1.807) is 0 Å². The number of pyridine rings is 6. The molecule has 0 spiro atoms. The largest absolute Gasteiger partial charge is 3.00 e. The summed E-state index contributed by atoms with van der Waals surface area (Å²) in [6.07, 6.45) is 22.7. The molecular formula is C133H111Ir2N7. The molecule has 142 heavy (non-hydrogen) atoms. The van der Waals surface area contributed by atoms with E-state index in [0.717, 1.165) is 170 Å². The van der Waals surface area contributed by atoms with Gasteiger partial charge in [0.2, 0.25) is 0 Å². The number of anilines is 3. The van der Waals surface area contributed by atoms with Crippen LogP contribution in [0.2, 0.25) is 0 Å². The minimum atomic E-state index is 0. The topological polar surface area (TPSA) is 80.6 Å². The molecule has 0 aliphatic rings. The minimum Gasteiger partial charge on any atom is -0.311 e. The fourth-order valence-corrected chi connectivity index (χ4v) is 15.7. The summed E-state index contributed by atoms with van der Waals surface area (Å²) >= 11 is 0. The van der Waals surface area contributed by atoms with E-state index in [2.05, 4.69) is 344 Å². The molecule has 0 saturated heterocycles. The van der Waals surface area contributed by atoms with Gasteiger partial charge >= 0.3 is 40.2 Å². The standard InChI is InChI=1S/C33H25N2.2C21H20N.3C19H14N.CH4.2Ir/c1-3-25-11-17-30(18-12-25)35(31-19-13-26(4-2)14-20-31)32-21-15-27(16-22-32)28-8-7-9-29(24-28)33-10-5-6-23-34-33;2*1-16(2)14-17-9-11-18(12-10-17)19-6-5-7-20(15-19)21-8-3-4-13-22-21;3*1-2-15-7-6-10-17(13-15)18-11-12-19(20-14-18)16-8-4-3-5-9-16;;;/h3-8,10-24H,1-2H2;2*3-6,8-13,15-16H,14H2,1-2H3;3*2-8,10-14H,1H2;1H4;;/q6*-1;;2*+3.